The molecule has 1 atom stereocenters. The van der Waals surface area contributed by atoms with Gasteiger partial charge in [-0.05, 0) is 30.7 Å². The minimum atomic E-state index is -0.0114. The van der Waals surface area contributed by atoms with Crippen molar-refractivity contribution in [2.45, 2.75) is 26.7 Å². The molecule has 1 N–H and O–H groups in total. The van der Waals surface area contributed by atoms with Gasteiger partial charge >= 0.3 is 0 Å². The molecule has 0 aliphatic carbocycles. The Kier molecular flexibility index (Phi) is 5.35. The number of hydrogen-bond donors (Lipinski definition) is 1. The molecule has 0 saturated carbocycles. The van der Waals surface area contributed by atoms with Crippen LogP contribution >= 0.6 is 0 Å². The second kappa shape index (κ2) is 6.55. The molecule has 0 bridgehead atoms. The van der Waals surface area contributed by atoms with Crippen LogP contribution in [0, 0.1) is 5.92 Å². The van der Waals surface area contributed by atoms with Gasteiger partial charge in [-0.15, -0.1) is 0 Å². The number of amides is 1. The van der Waals surface area contributed by atoms with Crippen molar-refractivity contribution in [1.82, 2.24) is 5.32 Å². The van der Waals surface area contributed by atoms with E-state index in [1.165, 1.54) is 5.56 Å². The van der Waals surface area contributed by atoms with Crippen molar-refractivity contribution in [1.29, 1.82) is 0 Å². The second-order valence-corrected chi connectivity index (χ2v) is 5.11. The lowest BCUT2D eigenvalue weighted by atomic mass is 10.0. The van der Waals surface area contributed by atoms with Gasteiger partial charge in [0.2, 0.25) is 5.91 Å². The zero-order valence-corrected chi connectivity index (χ0v) is 12.0. The third kappa shape index (κ3) is 3.57. The molecule has 0 heterocycles. The van der Waals surface area contributed by atoms with Gasteiger partial charge in [0, 0.05) is 25.2 Å². The molecular formula is C15H24N2O. The Bertz CT molecular complexity index is 401. The van der Waals surface area contributed by atoms with Crippen molar-refractivity contribution in [3.05, 3.63) is 29.8 Å². The third-order valence-electron chi connectivity index (χ3n) is 3.19. The Morgan fingerprint density at radius 2 is 2.00 bits per heavy atom. The molecular weight excluding hydrogens is 224 g/mol. The van der Waals surface area contributed by atoms with E-state index in [-0.39, 0.29) is 11.8 Å². The van der Waals surface area contributed by atoms with E-state index in [0.717, 1.165) is 5.69 Å². The van der Waals surface area contributed by atoms with Crippen LogP contribution in [-0.4, -0.2) is 26.5 Å². The van der Waals surface area contributed by atoms with E-state index >= 15 is 0 Å². The maximum Gasteiger partial charge on any atom is 0.230 e. The maximum atomic E-state index is 12.2. The highest BCUT2D eigenvalue weighted by molar-refractivity contribution is 5.94. The molecule has 100 valence electrons. The summed E-state index contributed by atoms with van der Waals surface area (Å²) in [6, 6.07) is 8.19. The van der Waals surface area contributed by atoms with Gasteiger partial charge in [-0.2, -0.15) is 0 Å². The average Bonchev–Trinajstić information content (AvgIpc) is 2.37. The molecule has 0 aliphatic rings. The Morgan fingerprint density at radius 3 is 2.56 bits per heavy atom. The summed E-state index contributed by atoms with van der Waals surface area (Å²) in [6.07, 6.45) is 0. The average molecular weight is 248 g/mol. The summed E-state index contributed by atoms with van der Waals surface area (Å²) < 4.78 is 0. The zero-order valence-electron chi connectivity index (χ0n) is 12.0. The first-order chi connectivity index (χ1) is 8.47. The summed E-state index contributed by atoms with van der Waals surface area (Å²) in [6.45, 7) is 6.96. The molecule has 1 aromatic carbocycles. The van der Waals surface area contributed by atoms with Crippen LogP contribution in [0.1, 0.15) is 32.3 Å². The minimum Gasteiger partial charge on any atom is -0.319 e. The number of nitrogens with zero attached hydrogens (tertiary/aromatic N) is 1. The molecule has 0 aromatic heterocycles. The molecule has 0 aliphatic heterocycles. The van der Waals surface area contributed by atoms with Crippen LogP contribution in [0.4, 0.5) is 5.69 Å². The monoisotopic (exact) mass is 248 g/mol. The van der Waals surface area contributed by atoms with Crippen molar-refractivity contribution >= 4 is 11.6 Å². The van der Waals surface area contributed by atoms with Gasteiger partial charge in [0.15, 0.2) is 0 Å². The predicted octanol–water partition coefficient (Wildman–Crippen LogP) is 2.63. The van der Waals surface area contributed by atoms with E-state index in [1.54, 1.807) is 4.90 Å². The zero-order chi connectivity index (χ0) is 13.7. The third-order valence-corrected chi connectivity index (χ3v) is 3.19. The molecule has 1 rings (SSSR count). The van der Waals surface area contributed by atoms with Crippen molar-refractivity contribution in [2.75, 3.05) is 25.5 Å². The number of hydrogen-bond acceptors (Lipinski definition) is 2. The van der Waals surface area contributed by atoms with Crippen molar-refractivity contribution in [3.63, 3.8) is 0 Å². The quantitative estimate of drug-likeness (QED) is 0.868. The number of carbonyl (C=O) groups excluding carboxylic acids is 1. The number of anilines is 1. The molecule has 3 nitrogen and oxygen atoms in total. The van der Waals surface area contributed by atoms with E-state index < -0.39 is 0 Å². The molecule has 18 heavy (non-hydrogen) atoms. The number of nitrogens with one attached hydrogen (secondary N) is 1. The normalized spacial score (nSPS) is 12.6. The molecule has 1 aromatic rings. The predicted molar refractivity (Wildman–Crippen MR) is 77.0 cm³/mol. The van der Waals surface area contributed by atoms with Crippen molar-refractivity contribution in [2.24, 2.45) is 5.92 Å². The molecule has 0 fully saturated rings. The Balaban J connectivity index is 2.86. The van der Waals surface area contributed by atoms with Gasteiger partial charge in [-0.3, -0.25) is 4.79 Å². The van der Waals surface area contributed by atoms with Gasteiger partial charge in [-0.1, -0.05) is 32.9 Å². The molecule has 1 unspecified atom stereocenters. The summed E-state index contributed by atoms with van der Waals surface area (Å²) >= 11 is 0. The van der Waals surface area contributed by atoms with Crippen LogP contribution in [0.3, 0.4) is 0 Å². The van der Waals surface area contributed by atoms with Gasteiger partial charge in [-0.25, -0.2) is 0 Å². The van der Waals surface area contributed by atoms with Crippen LogP contribution in [0.25, 0.3) is 0 Å². The number of carbonyl (C=O) groups is 1. The first-order valence-corrected chi connectivity index (χ1v) is 6.49. The SMILES string of the molecule is CNCC(C)C(=O)N(C)c1cccc(C(C)C)c1. The van der Waals surface area contributed by atoms with Crippen LogP contribution in [-0.2, 0) is 4.79 Å². The fourth-order valence-corrected chi connectivity index (χ4v) is 1.94. The highest BCUT2D eigenvalue weighted by Crippen LogP contribution is 2.21. The smallest absolute Gasteiger partial charge is 0.230 e. The van der Waals surface area contributed by atoms with Crippen LogP contribution in [0.15, 0.2) is 24.3 Å². The molecule has 0 saturated heterocycles. The molecule has 0 spiro atoms. The van der Waals surface area contributed by atoms with Crippen molar-refractivity contribution < 1.29 is 4.79 Å². The van der Waals surface area contributed by atoms with E-state index in [1.807, 2.05) is 33.2 Å². The fourth-order valence-electron chi connectivity index (χ4n) is 1.94. The van der Waals surface area contributed by atoms with Gasteiger partial charge in [0.25, 0.3) is 0 Å². The first-order valence-electron chi connectivity index (χ1n) is 6.49. The van der Waals surface area contributed by atoms with Crippen LogP contribution in [0.2, 0.25) is 0 Å². The van der Waals surface area contributed by atoms with E-state index in [9.17, 15) is 4.79 Å². The lowest BCUT2D eigenvalue weighted by Gasteiger charge is -2.22. The Morgan fingerprint density at radius 1 is 1.33 bits per heavy atom. The topological polar surface area (TPSA) is 32.3 Å². The standard InChI is InChI=1S/C15H24N2O/c1-11(2)13-7-6-8-14(9-13)17(5)15(18)12(3)10-16-4/h6-9,11-12,16H,10H2,1-5H3. The summed E-state index contributed by atoms with van der Waals surface area (Å²) in [7, 11) is 3.71. The highest BCUT2D eigenvalue weighted by Gasteiger charge is 2.18. The van der Waals surface area contributed by atoms with E-state index in [2.05, 4.69) is 31.3 Å². The van der Waals surface area contributed by atoms with Crippen molar-refractivity contribution in [3.8, 4) is 0 Å². The number of rotatable bonds is 5. The summed E-state index contributed by atoms with van der Waals surface area (Å²) in [5.41, 5.74) is 2.22. The summed E-state index contributed by atoms with van der Waals surface area (Å²) in [5.74, 6) is 0.608. The Hall–Kier alpha value is -1.35. The van der Waals surface area contributed by atoms with Crippen LogP contribution in [0.5, 0.6) is 0 Å². The lowest BCUT2D eigenvalue weighted by Crippen LogP contribution is -2.36. The Labute approximate surface area is 110 Å². The van der Waals surface area contributed by atoms with E-state index in [4.69, 9.17) is 0 Å². The van der Waals surface area contributed by atoms with Gasteiger partial charge in [0.1, 0.15) is 0 Å². The maximum absolute atomic E-state index is 12.2. The van der Waals surface area contributed by atoms with Gasteiger partial charge < -0.3 is 10.2 Å². The summed E-state index contributed by atoms with van der Waals surface area (Å²) in [5, 5.41) is 3.04. The number of benzene rings is 1. The second-order valence-electron chi connectivity index (χ2n) is 5.11. The fraction of sp³-hybridized carbons (Fsp3) is 0.533. The minimum absolute atomic E-state index is 0.0114. The first kappa shape index (κ1) is 14.7. The lowest BCUT2D eigenvalue weighted by molar-refractivity contribution is -0.121. The molecule has 3 heteroatoms. The highest BCUT2D eigenvalue weighted by atomic mass is 16.2. The van der Waals surface area contributed by atoms with Crippen LogP contribution < -0.4 is 10.2 Å². The van der Waals surface area contributed by atoms with E-state index in [0.29, 0.717) is 12.5 Å². The summed E-state index contributed by atoms with van der Waals surface area (Å²) in [4.78, 5) is 13.9. The largest absolute Gasteiger partial charge is 0.319 e. The van der Waals surface area contributed by atoms with Gasteiger partial charge in [0.05, 0.1) is 0 Å². The molecule has 0 radical (unpaired) electrons. The molecule has 1 amide bonds.